The second kappa shape index (κ2) is 13.4. The summed E-state index contributed by atoms with van der Waals surface area (Å²) >= 11 is 12.2. The lowest BCUT2D eigenvalue weighted by Gasteiger charge is -2.25. The van der Waals surface area contributed by atoms with E-state index < -0.39 is 39.3 Å². The minimum absolute atomic E-state index is 0.0108. The zero-order chi connectivity index (χ0) is 28.8. The molecule has 11 heteroatoms. The molecule has 1 aromatic carbocycles. The highest BCUT2D eigenvalue weighted by Crippen LogP contribution is 2.23. The summed E-state index contributed by atoms with van der Waals surface area (Å²) in [6.07, 6.45) is 4.96. The predicted molar refractivity (Wildman–Crippen MR) is 154 cm³/mol. The standard InChI is InChI=1S/C27H35Cl2N3O5S/c1-16(2)11-20(9-10-38(6,36)37)30-26(34)24(12-17(3)4)32-15-18(5)13-23(27(32)35)31-25(33)21-14-19(28)7-8-22(21)29/h7-10,13-17,20,24H,11-12H2,1-6H3,(H,30,34)(H,31,33)/b10-9+/t20-,24-/m1/s1. The van der Waals surface area contributed by atoms with Crippen molar-refractivity contribution >= 4 is 50.5 Å². The molecule has 0 fully saturated rings. The Morgan fingerprint density at radius 3 is 2.26 bits per heavy atom. The number of nitrogens with one attached hydrogen (secondary N) is 2. The van der Waals surface area contributed by atoms with Gasteiger partial charge in [-0.3, -0.25) is 14.4 Å². The zero-order valence-corrected chi connectivity index (χ0v) is 24.7. The number of nitrogens with zero attached hydrogens (tertiary/aromatic N) is 1. The van der Waals surface area contributed by atoms with E-state index in [9.17, 15) is 22.8 Å². The van der Waals surface area contributed by atoms with E-state index in [1.165, 1.54) is 28.8 Å². The molecule has 2 amide bonds. The normalized spacial score (nSPS) is 13.6. The monoisotopic (exact) mass is 583 g/mol. The molecule has 1 heterocycles. The van der Waals surface area contributed by atoms with Crippen molar-refractivity contribution in [3.8, 4) is 0 Å². The van der Waals surface area contributed by atoms with Gasteiger partial charge in [0.15, 0.2) is 9.84 Å². The van der Waals surface area contributed by atoms with Crippen LogP contribution in [0.15, 0.2) is 46.7 Å². The molecule has 0 spiro atoms. The molecule has 0 unspecified atom stereocenters. The summed E-state index contributed by atoms with van der Waals surface area (Å²) in [5.74, 6) is -0.809. The van der Waals surface area contributed by atoms with Gasteiger partial charge in [-0.25, -0.2) is 8.42 Å². The minimum Gasteiger partial charge on any atom is -0.348 e. The number of halogens is 2. The second-order valence-corrected chi connectivity index (χ2v) is 13.0. The molecular formula is C27H35Cl2N3O5S. The van der Waals surface area contributed by atoms with Gasteiger partial charge >= 0.3 is 0 Å². The Kier molecular flexibility index (Phi) is 11.2. The first kappa shape index (κ1) is 31.6. The molecular weight excluding hydrogens is 549 g/mol. The summed E-state index contributed by atoms with van der Waals surface area (Å²) < 4.78 is 24.6. The first-order valence-electron chi connectivity index (χ1n) is 12.2. The fourth-order valence-electron chi connectivity index (χ4n) is 3.93. The smallest absolute Gasteiger partial charge is 0.275 e. The highest BCUT2D eigenvalue weighted by molar-refractivity contribution is 7.93. The number of aryl methyl sites for hydroxylation is 1. The quantitative estimate of drug-likeness (QED) is 0.368. The fourth-order valence-corrected chi connectivity index (χ4v) is 4.78. The lowest BCUT2D eigenvalue weighted by atomic mass is 10.00. The molecule has 0 aliphatic rings. The van der Waals surface area contributed by atoms with E-state index in [0.717, 1.165) is 11.7 Å². The van der Waals surface area contributed by atoms with Crippen LogP contribution in [-0.2, 0) is 14.6 Å². The van der Waals surface area contributed by atoms with Gasteiger partial charge in [-0.2, -0.15) is 0 Å². The number of carbonyl (C=O) groups excluding carboxylic acids is 2. The van der Waals surface area contributed by atoms with Crippen molar-refractivity contribution in [2.45, 2.75) is 59.5 Å². The number of hydrogen-bond acceptors (Lipinski definition) is 5. The Morgan fingerprint density at radius 1 is 1.05 bits per heavy atom. The van der Waals surface area contributed by atoms with Crippen LogP contribution in [0.3, 0.4) is 0 Å². The van der Waals surface area contributed by atoms with Crippen LogP contribution in [0.25, 0.3) is 0 Å². The Hall–Kier alpha value is -2.62. The second-order valence-electron chi connectivity index (χ2n) is 10.3. The number of anilines is 1. The lowest BCUT2D eigenvalue weighted by molar-refractivity contribution is -0.125. The van der Waals surface area contributed by atoms with Crippen molar-refractivity contribution in [3.05, 3.63) is 73.5 Å². The number of aromatic nitrogens is 1. The number of carbonyl (C=O) groups is 2. The molecule has 38 heavy (non-hydrogen) atoms. The molecule has 2 aromatic rings. The van der Waals surface area contributed by atoms with Crippen LogP contribution < -0.4 is 16.2 Å². The van der Waals surface area contributed by atoms with Crippen molar-refractivity contribution in [1.82, 2.24) is 9.88 Å². The van der Waals surface area contributed by atoms with Gasteiger partial charge in [-0.1, -0.05) is 57.0 Å². The van der Waals surface area contributed by atoms with E-state index in [4.69, 9.17) is 23.2 Å². The summed E-state index contributed by atoms with van der Waals surface area (Å²) in [5, 5.41) is 7.07. The number of pyridine rings is 1. The molecule has 1 aromatic heterocycles. The van der Waals surface area contributed by atoms with E-state index in [0.29, 0.717) is 23.4 Å². The third-order valence-corrected chi connectivity index (χ3v) is 6.76. The Bertz CT molecular complexity index is 1370. The average molecular weight is 585 g/mol. The molecule has 0 saturated carbocycles. The Balaban J connectivity index is 2.47. The molecule has 0 radical (unpaired) electrons. The summed E-state index contributed by atoms with van der Waals surface area (Å²) in [7, 11) is -3.39. The van der Waals surface area contributed by atoms with Gasteiger partial charge < -0.3 is 15.2 Å². The van der Waals surface area contributed by atoms with Crippen molar-refractivity contribution < 1.29 is 18.0 Å². The van der Waals surface area contributed by atoms with E-state index in [-0.39, 0.29) is 28.1 Å². The molecule has 0 aliphatic heterocycles. The fraction of sp³-hybridized carbons (Fsp3) is 0.444. The third-order valence-electron chi connectivity index (χ3n) is 5.55. The number of hydrogen-bond donors (Lipinski definition) is 2. The third kappa shape index (κ3) is 9.60. The summed E-state index contributed by atoms with van der Waals surface area (Å²) in [4.78, 5) is 39.9. The van der Waals surface area contributed by atoms with Gasteiger partial charge in [0, 0.05) is 28.9 Å². The SMILES string of the molecule is Cc1cc(NC(=O)c2cc(Cl)ccc2Cl)c(=O)n([C@H](CC(C)C)C(=O)N[C@H](/C=C/S(C)(=O)=O)CC(C)C)c1. The molecule has 2 rings (SSSR count). The van der Waals surface area contributed by atoms with Gasteiger partial charge in [0.2, 0.25) is 5.91 Å². The lowest BCUT2D eigenvalue weighted by Crippen LogP contribution is -2.43. The van der Waals surface area contributed by atoms with E-state index >= 15 is 0 Å². The van der Waals surface area contributed by atoms with Crippen LogP contribution in [0.1, 0.15) is 62.5 Å². The van der Waals surface area contributed by atoms with Crippen molar-refractivity contribution in [1.29, 1.82) is 0 Å². The van der Waals surface area contributed by atoms with Gasteiger partial charge in [0.25, 0.3) is 11.5 Å². The summed E-state index contributed by atoms with van der Waals surface area (Å²) in [5.41, 5.74) is 0.185. The minimum atomic E-state index is -3.39. The van der Waals surface area contributed by atoms with Crippen LogP contribution in [0.5, 0.6) is 0 Å². The van der Waals surface area contributed by atoms with Crippen molar-refractivity contribution in [3.63, 3.8) is 0 Å². The van der Waals surface area contributed by atoms with Crippen LogP contribution >= 0.6 is 23.2 Å². The topological polar surface area (TPSA) is 114 Å². The van der Waals surface area contributed by atoms with Crippen LogP contribution in [0, 0.1) is 18.8 Å². The zero-order valence-electron chi connectivity index (χ0n) is 22.4. The Labute approximate surface area is 234 Å². The molecule has 2 N–H and O–H groups in total. The summed E-state index contributed by atoms with van der Waals surface area (Å²) in [6, 6.07) is 4.53. The summed E-state index contributed by atoms with van der Waals surface area (Å²) in [6.45, 7) is 9.54. The molecule has 2 atom stereocenters. The molecule has 208 valence electrons. The van der Waals surface area contributed by atoms with Crippen molar-refractivity contribution in [2.24, 2.45) is 11.8 Å². The van der Waals surface area contributed by atoms with Gasteiger partial charge in [-0.15, -0.1) is 0 Å². The number of rotatable bonds is 11. The maximum atomic E-state index is 13.5. The Morgan fingerprint density at radius 2 is 1.68 bits per heavy atom. The maximum absolute atomic E-state index is 13.5. The van der Waals surface area contributed by atoms with Gasteiger partial charge in [0.05, 0.1) is 10.6 Å². The number of benzene rings is 1. The first-order valence-corrected chi connectivity index (χ1v) is 15.0. The predicted octanol–water partition coefficient (Wildman–Crippen LogP) is 5.39. The largest absolute Gasteiger partial charge is 0.348 e. The number of amides is 2. The number of sulfone groups is 1. The van der Waals surface area contributed by atoms with Crippen LogP contribution in [0.4, 0.5) is 5.69 Å². The molecule has 0 saturated heterocycles. The highest BCUT2D eigenvalue weighted by Gasteiger charge is 2.26. The van der Waals surface area contributed by atoms with E-state index in [1.807, 2.05) is 27.7 Å². The van der Waals surface area contributed by atoms with E-state index in [2.05, 4.69) is 10.6 Å². The van der Waals surface area contributed by atoms with Crippen LogP contribution in [0.2, 0.25) is 10.0 Å². The molecule has 8 nitrogen and oxygen atoms in total. The molecule has 0 bridgehead atoms. The van der Waals surface area contributed by atoms with Gasteiger partial charge in [0.1, 0.15) is 11.7 Å². The first-order chi connectivity index (χ1) is 17.6. The van der Waals surface area contributed by atoms with Crippen molar-refractivity contribution in [2.75, 3.05) is 11.6 Å². The van der Waals surface area contributed by atoms with Gasteiger partial charge in [-0.05, 0) is 61.4 Å². The molecule has 0 aliphatic carbocycles. The average Bonchev–Trinajstić information content (AvgIpc) is 2.78. The van der Waals surface area contributed by atoms with Crippen LogP contribution in [-0.4, -0.2) is 37.1 Å². The highest BCUT2D eigenvalue weighted by atomic mass is 35.5. The van der Waals surface area contributed by atoms with E-state index in [1.54, 1.807) is 19.2 Å². The maximum Gasteiger partial charge on any atom is 0.275 e.